The zero-order valence-electron chi connectivity index (χ0n) is 19.8. The number of thioether (sulfide) groups is 1. The summed E-state index contributed by atoms with van der Waals surface area (Å²) in [7, 11) is 0. The topological polar surface area (TPSA) is 92.7 Å². The molecular formula is C26H24FN5O2S. The molecule has 2 heterocycles. The minimum absolute atomic E-state index is 0.0188. The second kappa shape index (κ2) is 9.76. The van der Waals surface area contributed by atoms with E-state index in [-0.39, 0.29) is 29.1 Å². The maximum Gasteiger partial charge on any atom is 0.262 e. The first-order chi connectivity index (χ1) is 16.7. The second-order valence-electron chi connectivity index (χ2n) is 8.37. The summed E-state index contributed by atoms with van der Waals surface area (Å²) in [5, 5.41) is 13.6. The van der Waals surface area contributed by atoms with Crippen molar-refractivity contribution in [1.82, 2.24) is 14.1 Å². The Morgan fingerprint density at radius 2 is 1.86 bits per heavy atom. The molecule has 0 aliphatic carbocycles. The van der Waals surface area contributed by atoms with Crippen molar-refractivity contribution in [2.45, 2.75) is 38.9 Å². The molecule has 0 fully saturated rings. The summed E-state index contributed by atoms with van der Waals surface area (Å²) < 4.78 is 16.8. The number of carbonyl (C=O) groups excluding carboxylic acids is 1. The van der Waals surface area contributed by atoms with E-state index in [0.29, 0.717) is 33.1 Å². The number of anilines is 1. The fraction of sp³-hybridized carbons (Fsp3) is 0.231. The molecule has 0 saturated carbocycles. The van der Waals surface area contributed by atoms with Gasteiger partial charge in [0.05, 0.1) is 22.2 Å². The summed E-state index contributed by atoms with van der Waals surface area (Å²) >= 11 is 1.16. The SMILES string of the molecule is Cc1c(C#N)c(NC(=O)CSc2nc3ccccc3c(=O)n2C(C)C)n(-c2ccc(F)cc2)c1C. The molecule has 0 saturated heterocycles. The molecular weight excluding hydrogens is 465 g/mol. The highest BCUT2D eigenvalue weighted by Crippen LogP contribution is 2.30. The number of amides is 1. The fourth-order valence-corrected chi connectivity index (χ4v) is 4.88. The molecule has 9 heteroatoms. The highest BCUT2D eigenvalue weighted by Gasteiger charge is 2.22. The van der Waals surface area contributed by atoms with Gasteiger partial charge >= 0.3 is 0 Å². The molecule has 7 nitrogen and oxygen atoms in total. The van der Waals surface area contributed by atoms with Crippen molar-refractivity contribution >= 4 is 34.4 Å². The maximum atomic E-state index is 13.5. The van der Waals surface area contributed by atoms with Crippen LogP contribution in [0.4, 0.5) is 10.2 Å². The fourth-order valence-electron chi connectivity index (χ4n) is 3.95. The van der Waals surface area contributed by atoms with E-state index in [2.05, 4.69) is 16.4 Å². The van der Waals surface area contributed by atoms with Crippen LogP contribution in [-0.4, -0.2) is 25.8 Å². The molecule has 1 N–H and O–H groups in total. The van der Waals surface area contributed by atoms with Crippen LogP contribution in [0.5, 0.6) is 0 Å². The number of carbonyl (C=O) groups is 1. The highest BCUT2D eigenvalue weighted by molar-refractivity contribution is 7.99. The summed E-state index contributed by atoms with van der Waals surface area (Å²) in [6, 6.07) is 15.0. The van der Waals surface area contributed by atoms with E-state index in [1.54, 1.807) is 46.4 Å². The van der Waals surface area contributed by atoms with Crippen molar-refractivity contribution in [3.63, 3.8) is 0 Å². The van der Waals surface area contributed by atoms with E-state index < -0.39 is 0 Å². The maximum absolute atomic E-state index is 13.5. The van der Waals surface area contributed by atoms with Gasteiger partial charge in [-0.3, -0.25) is 18.7 Å². The van der Waals surface area contributed by atoms with Gasteiger partial charge in [-0.15, -0.1) is 0 Å². The van der Waals surface area contributed by atoms with Crippen LogP contribution in [0.3, 0.4) is 0 Å². The highest BCUT2D eigenvalue weighted by atomic mass is 32.2. The Morgan fingerprint density at radius 1 is 1.17 bits per heavy atom. The van der Waals surface area contributed by atoms with Crippen LogP contribution in [0.2, 0.25) is 0 Å². The van der Waals surface area contributed by atoms with Gasteiger partial charge in [0, 0.05) is 17.4 Å². The average molecular weight is 490 g/mol. The van der Waals surface area contributed by atoms with Gasteiger partial charge in [-0.05, 0) is 69.7 Å². The lowest BCUT2D eigenvalue weighted by Gasteiger charge is -2.16. The smallest absolute Gasteiger partial charge is 0.262 e. The third-order valence-corrected chi connectivity index (χ3v) is 6.74. The number of halogens is 1. The minimum atomic E-state index is -0.378. The van der Waals surface area contributed by atoms with Gasteiger partial charge in [0.2, 0.25) is 5.91 Å². The molecule has 0 aliphatic heterocycles. The first kappa shape index (κ1) is 24.2. The van der Waals surface area contributed by atoms with E-state index in [0.717, 1.165) is 23.0 Å². The van der Waals surface area contributed by atoms with Gasteiger partial charge in [0.15, 0.2) is 5.16 Å². The lowest BCUT2D eigenvalue weighted by molar-refractivity contribution is -0.113. The predicted octanol–water partition coefficient (Wildman–Crippen LogP) is 5.13. The Labute approximate surface area is 206 Å². The lowest BCUT2D eigenvalue weighted by Crippen LogP contribution is -2.26. The first-order valence-corrected chi connectivity index (χ1v) is 12.0. The molecule has 0 aliphatic rings. The number of nitrogens with one attached hydrogen (secondary N) is 1. The monoisotopic (exact) mass is 489 g/mol. The van der Waals surface area contributed by atoms with E-state index >= 15 is 0 Å². The Hall–Kier alpha value is -3.90. The Morgan fingerprint density at radius 3 is 2.51 bits per heavy atom. The van der Waals surface area contributed by atoms with E-state index in [4.69, 9.17) is 0 Å². The standard InChI is InChI=1S/C26H24FN5O2S/c1-15(2)31-25(34)20-7-5-6-8-22(20)29-26(31)35-14-23(33)30-24-21(13-28)16(3)17(4)32(24)19-11-9-18(27)10-12-19/h5-12,15H,14H2,1-4H3,(H,30,33). The van der Waals surface area contributed by atoms with Crippen LogP contribution in [-0.2, 0) is 4.79 Å². The van der Waals surface area contributed by atoms with Crippen molar-refractivity contribution in [3.8, 4) is 11.8 Å². The Kier molecular flexibility index (Phi) is 6.76. The molecule has 0 unspecified atom stereocenters. The molecule has 0 atom stereocenters. The van der Waals surface area contributed by atoms with Gasteiger partial charge in [-0.25, -0.2) is 9.37 Å². The average Bonchev–Trinajstić information content (AvgIpc) is 3.06. The normalized spacial score (nSPS) is 11.1. The number of nitriles is 1. The minimum Gasteiger partial charge on any atom is -0.310 e. The zero-order valence-corrected chi connectivity index (χ0v) is 20.6. The van der Waals surface area contributed by atoms with Crippen molar-refractivity contribution in [3.05, 3.63) is 81.5 Å². The van der Waals surface area contributed by atoms with E-state index in [1.807, 2.05) is 26.8 Å². The van der Waals surface area contributed by atoms with Gasteiger partial charge in [0.25, 0.3) is 5.56 Å². The molecule has 2 aromatic heterocycles. The molecule has 0 radical (unpaired) electrons. The second-order valence-corrected chi connectivity index (χ2v) is 9.32. The molecule has 4 rings (SSSR count). The van der Waals surface area contributed by atoms with Gasteiger partial charge < -0.3 is 5.32 Å². The number of para-hydroxylation sites is 1. The van der Waals surface area contributed by atoms with E-state index in [1.165, 1.54) is 12.1 Å². The Balaban J connectivity index is 1.65. The van der Waals surface area contributed by atoms with Crippen molar-refractivity contribution in [2.24, 2.45) is 0 Å². The van der Waals surface area contributed by atoms with Crippen molar-refractivity contribution in [1.29, 1.82) is 5.26 Å². The van der Waals surface area contributed by atoms with Crippen LogP contribution in [0.15, 0.2) is 58.5 Å². The van der Waals surface area contributed by atoms with E-state index in [9.17, 15) is 19.2 Å². The quantitative estimate of drug-likeness (QED) is 0.300. The molecule has 178 valence electrons. The number of hydrogen-bond donors (Lipinski definition) is 1. The van der Waals surface area contributed by atoms with Gasteiger partial charge in [-0.2, -0.15) is 5.26 Å². The van der Waals surface area contributed by atoms with Gasteiger partial charge in [0.1, 0.15) is 17.7 Å². The summed E-state index contributed by atoms with van der Waals surface area (Å²) in [5.74, 6) is -0.427. The third-order valence-electron chi connectivity index (χ3n) is 5.79. The summed E-state index contributed by atoms with van der Waals surface area (Å²) in [5.41, 5.74) is 2.87. The summed E-state index contributed by atoms with van der Waals surface area (Å²) in [6.07, 6.45) is 0. The Bertz CT molecular complexity index is 1530. The molecule has 4 aromatic rings. The number of rotatable bonds is 6. The summed E-state index contributed by atoms with van der Waals surface area (Å²) in [6.45, 7) is 7.42. The van der Waals surface area contributed by atoms with Crippen LogP contribution in [0.1, 0.15) is 36.7 Å². The number of aromatic nitrogens is 3. The molecule has 1 amide bonds. The molecule has 0 bridgehead atoms. The summed E-state index contributed by atoms with van der Waals surface area (Å²) in [4.78, 5) is 30.6. The number of hydrogen-bond acceptors (Lipinski definition) is 5. The number of benzene rings is 2. The van der Waals surface area contributed by atoms with Crippen LogP contribution in [0.25, 0.3) is 16.6 Å². The predicted molar refractivity (Wildman–Crippen MR) is 136 cm³/mol. The molecule has 2 aromatic carbocycles. The molecule has 0 spiro atoms. The number of fused-ring (bicyclic) bond motifs is 1. The van der Waals surface area contributed by atoms with Crippen molar-refractivity contribution < 1.29 is 9.18 Å². The van der Waals surface area contributed by atoms with Crippen LogP contribution < -0.4 is 10.9 Å². The first-order valence-electron chi connectivity index (χ1n) is 11.0. The lowest BCUT2D eigenvalue weighted by atomic mass is 10.2. The largest absolute Gasteiger partial charge is 0.310 e. The van der Waals surface area contributed by atoms with Crippen molar-refractivity contribution in [2.75, 3.05) is 11.1 Å². The third kappa shape index (κ3) is 4.57. The number of nitrogens with zero attached hydrogens (tertiary/aromatic N) is 4. The molecule has 35 heavy (non-hydrogen) atoms. The van der Waals surface area contributed by atoms with Crippen LogP contribution in [0, 0.1) is 31.0 Å². The van der Waals surface area contributed by atoms with Crippen LogP contribution >= 0.6 is 11.8 Å². The van der Waals surface area contributed by atoms with Gasteiger partial charge in [-0.1, -0.05) is 23.9 Å². The zero-order chi connectivity index (χ0) is 25.3.